The van der Waals surface area contributed by atoms with Gasteiger partial charge in [0, 0.05) is 18.7 Å². The van der Waals surface area contributed by atoms with Gasteiger partial charge in [0.15, 0.2) is 0 Å². The van der Waals surface area contributed by atoms with E-state index in [-0.39, 0.29) is 25.1 Å². The van der Waals surface area contributed by atoms with Crippen molar-refractivity contribution < 1.29 is 10.2 Å². The molecule has 0 aromatic carbocycles. The van der Waals surface area contributed by atoms with Crippen LogP contribution in [0.5, 0.6) is 0 Å². The van der Waals surface area contributed by atoms with Crippen LogP contribution in [-0.2, 0) is 6.42 Å². The Hall–Kier alpha value is -1.12. The summed E-state index contributed by atoms with van der Waals surface area (Å²) in [6, 6.07) is -0.922. The van der Waals surface area contributed by atoms with Crippen LogP contribution in [-0.4, -0.2) is 45.0 Å². The van der Waals surface area contributed by atoms with E-state index in [2.05, 4.69) is 9.97 Å². The molecule has 7 heteroatoms. The van der Waals surface area contributed by atoms with Crippen molar-refractivity contribution in [2.45, 2.75) is 44.0 Å². The lowest BCUT2D eigenvalue weighted by molar-refractivity contribution is 0.108. The first-order valence-electron chi connectivity index (χ1n) is 6.30. The van der Waals surface area contributed by atoms with E-state index in [4.69, 9.17) is 22.3 Å². The van der Waals surface area contributed by atoms with Gasteiger partial charge in [-0.25, -0.2) is 0 Å². The normalized spacial score (nSPS) is 17.8. The molecule has 0 radical (unpaired) electrons. The van der Waals surface area contributed by atoms with E-state index in [9.17, 15) is 5.11 Å². The average Bonchev–Trinajstić information content (AvgIpc) is 2.37. The first-order valence-corrected chi connectivity index (χ1v) is 6.30. The zero-order chi connectivity index (χ0) is 14.4. The third-order valence-corrected chi connectivity index (χ3v) is 2.85. The zero-order valence-electron chi connectivity index (χ0n) is 11.1. The number of hydrogen-bond donors (Lipinski definition) is 5. The Morgan fingerprint density at radius 1 is 1.21 bits per heavy atom. The van der Waals surface area contributed by atoms with Crippen LogP contribution >= 0.6 is 0 Å². The van der Waals surface area contributed by atoms with E-state index in [1.54, 1.807) is 12.4 Å². The van der Waals surface area contributed by atoms with Crippen LogP contribution in [0.4, 0.5) is 0 Å². The van der Waals surface area contributed by atoms with E-state index in [1.165, 1.54) is 0 Å². The summed E-state index contributed by atoms with van der Waals surface area (Å²) < 4.78 is 0. The van der Waals surface area contributed by atoms with Gasteiger partial charge in [-0.1, -0.05) is 0 Å². The standard InChI is InChI=1S/C12H23N5O2/c1-7(13)2-9(14)11-5-16-8(4-17-11)3-12(19)10(15)6-18/h4-5,7,9-10,12,18-19H,2-3,6,13-15H2,1H3/t7-,9-,10-,12+/m1/s1. The van der Waals surface area contributed by atoms with Crippen LogP contribution in [0.3, 0.4) is 0 Å². The molecule has 0 saturated heterocycles. The molecule has 0 aliphatic carbocycles. The summed E-state index contributed by atoms with van der Waals surface area (Å²) in [6.45, 7) is 1.61. The molecule has 1 aromatic heterocycles. The lowest BCUT2D eigenvalue weighted by atomic mass is 10.1. The molecule has 4 atom stereocenters. The summed E-state index contributed by atoms with van der Waals surface area (Å²) in [5, 5.41) is 18.5. The number of nitrogens with two attached hydrogens (primary N) is 3. The summed E-state index contributed by atoms with van der Waals surface area (Å²) in [5.41, 5.74) is 18.4. The molecule has 1 aromatic rings. The van der Waals surface area contributed by atoms with Gasteiger partial charge in [0.05, 0.1) is 42.4 Å². The van der Waals surface area contributed by atoms with Gasteiger partial charge in [-0.05, 0) is 13.3 Å². The molecular formula is C12H23N5O2. The minimum Gasteiger partial charge on any atom is -0.395 e. The number of aromatic nitrogens is 2. The highest BCUT2D eigenvalue weighted by Crippen LogP contribution is 2.12. The van der Waals surface area contributed by atoms with E-state index in [0.717, 1.165) is 0 Å². The fourth-order valence-corrected chi connectivity index (χ4v) is 1.67. The highest BCUT2D eigenvalue weighted by Gasteiger charge is 2.16. The van der Waals surface area contributed by atoms with E-state index in [0.29, 0.717) is 17.8 Å². The maximum atomic E-state index is 9.67. The molecule has 0 saturated carbocycles. The largest absolute Gasteiger partial charge is 0.395 e. The van der Waals surface area contributed by atoms with Crippen LogP contribution in [0.1, 0.15) is 30.8 Å². The van der Waals surface area contributed by atoms with Gasteiger partial charge in [-0.15, -0.1) is 0 Å². The molecule has 19 heavy (non-hydrogen) atoms. The first kappa shape index (κ1) is 15.9. The second kappa shape index (κ2) is 7.46. The van der Waals surface area contributed by atoms with Gasteiger partial charge in [-0.2, -0.15) is 0 Å². The minimum absolute atomic E-state index is 0.000788. The predicted octanol–water partition coefficient (Wildman–Crippen LogP) is -1.56. The van der Waals surface area contributed by atoms with Gasteiger partial charge in [0.25, 0.3) is 0 Å². The van der Waals surface area contributed by atoms with E-state index >= 15 is 0 Å². The Labute approximate surface area is 112 Å². The maximum Gasteiger partial charge on any atom is 0.0769 e. The topological polar surface area (TPSA) is 144 Å². The van der Waals surface area contributed by atoms with Crippen LogP contribution in [0.25, 0.3) is 0 Å². The van der Waals surface area contributed by atoms with E-state index < -0.39 is 12.1 Å². The van der Waals surface area contributed by atoms with Gasteiger partial charge in [-0.3, -0.25) is 9.97 Å². The van der Waals surface area contributed by atoms with Crippen molar-refractivity contribution in [1.82, 2.24) is 9.97 Å². The Bertz CT molecular complexity index is 371. The zero-order valence-corrected chi connectivity index (χ0v) is 11.1. The average molecular weight is 269 g/mol. The minimum atomic E-state index is -0.845. The molecule has 1 heterocycles. The van der Waals surface area contributed by atoms with Crippen molar-refractivity contribution in [3.05, 3.63) is 23.8 Å². The van der Waals surface area contributed by atoms with Crippen molar-refractivity contribution in [2.24, 2.45) is 17.2 Å². The molecule has 7 nitrogen and oxygen atoms in total. The van der Waals surface area contributed by atoms with Crippen LogP contribution in [0.2, 0.25) is 0 Å². The number of rotatable bonds is 7. The van der Waals surface area contributed by atoms with Gasteiger partial charge < -0.3 is 27.4 Å². The Morgan fingerprint density at radius 3 is 2.37 bits per heavy atom. The molecule has 0 amide bonds. The fourth-order valence-electron chi connectivity index (χ4n) is 1.67. The second-order valence-corrected chi connectivity index (χ2v) is 4.87. The van der Waals surface area contributed by atoms with Crippen LogP contribution < -0.4 is 17.2 Å². The summed E-state index contributed by atoms with van der Waals surface area (Å²) >= 11 is 0. The molecule has 0 fully saturated rings. The predicted molar refractivity (Wildman–Crippen MR) is 72.0 cm³/mol. The summed E-state index contributed by atoms with van der Waals surface area (Å²) in [4.78, 5) is 8.40. The van der Waals surface area contributed by atoms with E-state index in [1.807, 2.05) is 6.92 Å². The quantitative estimate of drug-likeness (QED) is 0.402. The molecule has 108 valence electrons. The van der Waals surface area contributed by atoms with Crippen molar-refractivity contribution in [1.29, 1.82) is 0 Å². The summed E-state index contributed by atoms with van der Waals surface area (Å²) in [7, 11) is 0. The molecule has 0 spiro atoms. The smallest absolute Gasteiger partial charge is 0.0769 e. The van der Waals surface area contributed by atoms with Gasteiger partial charge in [0.1, 0.15) is 0 Å². The Balaban J connectivity index is 2.61. The number of hydrogen-bond acceptors (Lipinski definition) is 7. The highest BCUT2D eigenvalue weighted by atomic mass is 16.3. The summed E-state index contributed by atoms with van der Waals surface area (Å²) in [6.07, 6.45) is 3.18. The van der Waals surface area contributed by atoms with Gasteiger partial charge >= 0.3 is 0 Å². The van der Waals surface area contributed by atoms with Crippen molar-refractivity contribution >= 4 is 0 Å². The highest BCUT2D eigenvalue weighted by molar-refractivity contribution is 5.07. The maximum absolute atomic E-state index is 9.67. The van der Waals surface area contributed by atoms with Crippen LogP contribution in [0.15, 0.2) is 12.4 Å². The SMILES string of the molecule is C[C@@H](N)C[C@@H](N)c1cnc(C[C@H](O)[C@H](N)CO)cn1. The molecule has 0 unspecified atom stereocenters. The Kier molecular flexibility index (Phi) is 6.26. The Morgan fingerprint density at radius 2 is 1.89 bits per heavy atom. The van der Waals surface area contributed by atoms with Crippen molar-refractivity contribution in [3.8, 4) is 0 Å². The molecular weight excluding hydrogens is 246 g/mol. The number of aliphatic hydroxyl groups excluding tert-OH is 2. The van der Waals surface area contributed by atoms with Crippen molar-refractivity contribution in [2.75, 3.05) is 6.61 Å². The monoisotopic (exact) mass is 269 g/mol. The molecule has 1 rings (SSSR count). The molecule has 0 aliphatic rings. The van der Waals surface area contributed by atoms with Gasteiger partial charge in [0.2, 0.25) is 0 Å². The molecule has 0 aliphatic heterocycles. The second-order valence-electron chi connectivity index (χ2n) is 4.87. The number of aliphatic hydroxyl groups is 2. The summed E-state index contributed by atoms with van der Waals surface area (Å²) in [5.74, 6) is 0. The van der Waals surface area contributed by atoms with Crippen LogP contribution in [0, 0.1) is 0 Å². The molecule has 8 N–H and O–H groups in total. The molecule has 0 bridgehead atoms. The fraction of sp³-hybridized carbons (Fsp3) is 0.667. The lowest BCUT2D eigenvalue weighted by Crippen LogP contribution is -2.39. The number of nitrogens with zero attached hydrogens (tertiary/aromatic N) is 2. The third-order valence-electron chi connectivity index (χ3n) is 2.85. The lowest BCUT2D eigenvalue weighted by Gasteiger charge is -2.16. The van der Waals surface area contributed by atoms with Crippen molar-refractivity contribution in [3.63, 3.8) is 0 Å². The third kappa shape index (κ3) is 5.17. The first-order chi connectivity index (χ1) is 8.93.